The standard InChI is InChI=1S/C16H14N2O3S/c19-22(20,21)11-10-18-9-8-15-12-14(6-7-16(15)17-18)13-4-2-1-3-5-13/h1-9,12H,10-11H2/p+1. The number of fused-ring (bicyclic) bond motifs is 1. The Morgan fingerprint density at radius 2 is 1.77 bits per heavy atom. The van der Waals surface area contributed by atoms with Crippen LogP contribution >= 0.6 is 0 Å². The summed E-state index contributed by atoms with van der Waals surface area (Å²) in [6.45, 7) is 0.120. The SMILES string of the molecule is O=S(=O)(O)CC[n+]1ccc2cc(-c3ccccc3)ccc2n1. The third-order valence-corrected chi connectivity index (χ3v) is 4.07. The van der Waals surface area contributed by atoms with E-state index >= 15 is 0 Å². The molecule has 0 saturated heterocycles. The van der Waals surface area contributed by atoms with Crippen LogP contribution in [0.15, 0.2) is 60.8 Å². The number of aromatic nitrogens is 2. The van der Waals surface area contributed by atoms with Crippen LogP contribution in [0, 0.1) is 0 Å². The molecule has 5 nitrogen and oxygen atoms in total. The van der Waals surface area contributed by atoms with Gasteiger partial charge in [0.2, 0.25) is 0 Å². The van der Waals surface area contributed by atoms with Gasteiger partial charge in [-0.15, -0.1) is 0 Å². The molecule has 0 atom stereocenters. The Kier molecular flexibility index (Phi) is 3.87. The minimum atomic E-state index is -3.98. The maximum atomic E-state index is 10.8. The van der Waals surface area contributed by atoms with E-state index in [1.807, 2.05) is 54.6 Å². The Bertz CT molecular complexity index is 909. The third-order valence-electron chi connectivity index (χ3n) is 3.38. The van der Waals surface area contributed by atoms with Gasteiger partial charge in [-0.2, -0.15) is 8.42 Å². The van der Waals surface area contributed by atoms with Crippen LogP contribution in [0.5, 0.6) is 0 Å². The first-order valence-electron chi connectivity index (χ1n) is 6.82. The van der Waals surface area contributed by atoms with Crippen LogP contribution in [0.4, 0.5) is 0 Å². The van der Waals surface area contributed by atoms with Crippen molar-refractivity contribution in [3.63, 3.8) is 0 Å². The molecule has 0 radical (unpaired) electrons. The summed E-state index contributed by atoms with van der Waals surface area (Å²) in [4.78, 5) is 0. The second kappa shape index (κ2) is 5.82. The average Bonchev–Trinajstić information content (AvgIpc) is 2.52. The molecule has 22 heavy (non-hydrogen) atoms. The van der Waals surface area contributed by atoms with Gasteiger partial charge in [-0.1, -0.05) is 41.1 Å². The Morgan fingerprint density at radius 1 is 1.00 bits per heavy atom. The molecule has 0 aliphatic carbocycles. The largest absolute Gasteiger partial charge is 0.285 e. The van der Waals surface area contributed by atoms with Gasteiger partial charge in [-0.05, 0) is 23.3 Å². The number of hydrogen-bond donors (Lipinski definition) is 1. The van der Waals surface area contributed by atoms with Crippen LogP contribution in [0.3, 0.4) is 0 Å². The zero-order chi connectivity index (χ0) is 15.6. The van der Waals surface area contributed by atoms with Crippen molar-refractivity contribution in [1.82, 2.24) is 5.10 Å². The van der Waals surface area contributed by atoms with Crippen molar-refractivity contribution in [2.24, 2.45) is 0 Å². The first-order chi connectivity index (χ1) is 10.5. The van der Waals surface area contributed by atoms with Gasteiger partial charge in [0, 0.05) is 16.6 Å². The van der Waals surface area contributed by atoms with Gasteiger partial charge < -0.3 is 0 Å². The fraction of sp³-hybridized carbons (Fsp3) is 0.125. The summed E-state index contributed by atoms with van der Waals surface area (Å²) in [5.74, 6) is -0.349. The van der Waals surface area contributed by atoms with E-state index in [1.54, 1.807) is 6.20 Å². The number of nitrogens with zero attached hydrogens (tertiary/aromatic N) is 2. The number of aryl methyl sites for hydroxylation is 1. The van der Waals surface area contributed by atoms with Crippen LogP contribution < -0.4 is 4.68 Å². The predicted molar refractivity (Wildman–Crippen MR) is 83.8 cm³/mol. The van der Waals surface area contributed by atoms with E-state index in [0.717, 1.165) is 22.0 Å². The van der Waals surface area contributed by atoms with E-state index in [4.69, 9.17) is 4.55 Å². The summed E-state index contributed by atoms with van der Waals surface area (Å²) in [5.41, 5.74) is 3.01. The monoisotopic (exact) mass is 315 g/mol. The molecule has 0 amide bonds. The highest BCUT2D eigenvalue weighted by molar-refractivity contribution is 7.85. The number of benzene rings is 2. The van der Waals surface area contributed by atoms with E-state index in [2.05, 4.69) is 5.10 Å². The summed E-state index contributed by atoms with van der Waals surface area (Å²) < 4.78 is 31.9. The smallest absolute Gasteiger partial charge is 0.271 e. The molecule has 0 bridgehead atoms. The molecule has 0 unspecified atom stereocenters. The van der Waals surface area contributed by atoms with Crippen molar-refractivity contribution in [3.8, 4) is 11.1 Å². The molecule has 6 heteroatoms. The van der Waals surface area contributed by atoms with Crippen molar-refractivity contribution < 1.29 is 17.7 Å². The Morgan fingerprint density at radius 3 is 2.50 bits per heavy atom. The Labute approximate surface area is 128 Å². The molecule has 0 spiro atoms. The van der Waals surface area contributed by atoms with Crippen LogP contribution in [0.25, 0.3) is 22.0 Å². The van der Waals surface area contributed by atoms with Gasteiger partial charge in [0.1, 0.15) is 11.3 Å². The van der Waals surface area contributed by atoms with Crippen molar-refractivity contribution in [2.45, 2.75) is 6.54 Å². The summed E-state index contributed by atoms with van der Waals surface area (Å²) in [7, 11) is -3.98. The van der Waals surface area contributed by atoms with E-state index in [9.17, 15) is 8.42 Å². The van der Waals surface area contributed by atoms with E-state index in [-0.39, 0.29) is 12.3 Å². The van der Waals surface area contributed by atoms with E-state index < -0.39 is 10.1 Å². The van der Waals surface area contributed by atoms with Gasteiger partial charge in [0.15, 0.2) is 12.7 Å². The van der Waals surface area contributed by atoms with Gasteiger partial charge >= 0.3 is 0 Å². The van der Waals surface area contributed by atoms with Crippen molar-refractivity contribution in [2.75, 3.05) is 5.75 Å². The molecule has 1 heterocycles. The maximum Gasteiger partial charge on any atom is 0.271 e. The summed E-state index contributed by atoms with van der Waals surface area (Å²) in [5, 5.41) is 5.33. The lowest BCUT2D eigenvalue weighted by Gasteiger charge is -2.03. The van der Waals surface area contributed by atoms with Crippen LogP contribution in [-0.2, 0) is 16.7 Å². The Balaban J connectivity index is 1.92. The van der Waals surface area contributed by atoms with Gasteiger partial charge in [0.25, 0.3) is 10.1 Å². The first kappa shape index (κ1) is 14.6. The summed E-state index contributed by atoms with van der Waals surface area (Å²) in [6.07, 6.45) is 1.71. The molecule has 0 saturated carbocycles. The third kappa shape index (κ3) is 3.47. The Hall–Kier alpha value is -2.31. The lowest BCUT2D eigenvalue weighted by atomic mass is 10.0. The molecule has 1 aromatic heterocycles. The minimum Gasteiger partial charge on any atom is -0.285 e. The minimum absolute atomic E-state index is 0.120. The molecular weight excluding hydrogens is 300 g/mol. The predicted octanol–water partition coefficient (Wildman–Crippen LogP) is 2.08. The zero-order valence-corrected chi connectivity index (χ0v) is 12.6. The summed E-state index contributed by atoms with van der Waals surface area (Å²) >= 11 is 0. The van der Waals surface area contributed by atoms with E-state index in [1.165, 1.54) is 4.68 Å². The van der Waals surface area contributed by atoms with Crippen molar-refractivity contribution in [3.05, 3.63) is 60.8 Å². The quantitative estimate of drug-likeness (QED) is 0.591. The van der Waals surface area contributed by atoms with Gasteiger partial charge in [-0.3, -0.25) is 4.55 Å². The molecule has 1 N–H and O–H groups in total. The van der Waals surface area contributed by atoms with Gasteiger partial charge in [-0.25, -0.2) is 0 Å². The lowest BCUT2D eigenvalue weighted by Crippen LogP contribution is -2.40. The van der Waals surface area contributed by atoms with Gasteiger partial charge in [0.05, 0.1) is 0 Å². The topological polar surface area (TPSA) is 71.1 Å². The average molecular weight is 315 g/mol. The van der Waals surface area contributed by atoms with Crippen LogP contribution in [-0.4, -0.2) is 23.8 Å². The molecule has 3 rings (SSSR count). The second-order valence-electron chi connectivity index (χ2n) is 5.00. The fourth-order valence-electron chi connectivity index (χ4n) is 2.26. The molecule has 0 aliphatic rings. The molecule has 2 aromatic carbocycles. The fourth-order valence-corrected chi connectivity index (χ4v) is 2.68. The molecule has 3 aromatic rings. The highest BCUT2D eigenvalue weighted by Crippen LogP contribution is 2.22. The highest BCUT2D eigenvalue weighted by Gasteiger charge is 2.12. The first-order valence-corrected chi connectivity index (χ1v) is 8.43. The number of rotatable bonds is 4. The lowest BCUT2D eigenvalue weighted by molar-refractivity contribution is -0.747. The maximum absolute atomic E-state index is 10.8. The zero-order valence-electron chi connectivity index (χ0n) is 11.8. The molecule has 0 aliphatic heterocycles. The molecule has 0 fully saturated rings. The molecule has 112 valence electrons. The summed E-state index contributed by atoms with van der Waals surface area (Å²) in [6, 6.07) is 17.9. The molecular formula is C16H15N2O3S+. The van der Waals surface area contributed by atoms with Crippen LogP contribution in [0.2, 0.25) is 0 Å². The van der Waals surface area contributed by atoms with E-state index in [0.29, 0.717) is 0 Å². The van der Waals surface area contributed by atoms with Crippen molar-refractivity contribution in [1.29, 1.82) is 0 Å². The number of hydrogen-bond acceptors (Lipinski definition) is 3. The second-order valence-corrected chi connectivity index (χ2v) is 6.58. The highest BCUT2D eigenvalue weighted by atomic mass is 32.2. The normalized spacial score (nSPS) is 11.7. The van der Waals surface area contributed by atoms with Crippen molar-refractivity contribution >= 4 is 21.0 Å². The van der Waals surface area contributed by atoms with Crippen LogP contribution in [0.1, 0.15) is 0 Å².